The van der Waals surface area contributed by atoms with E-state index in [0.717, 1.165) is 0 Å². The van der Waals surface area contributed by atoms with Crippen molar-refractivity contribution in [3.63, 3.8) is 0 Å². The zero-order valence-electron chi connectivity index (χ0n) is 7.81. The Morgan fingerprint density at radius 2 is 0.929 bits per heavy atom. The van der Waals surface area contributed by atoms with E-state index in [1.807, 2.05) is 0 Å². The topological polar surface area (TPSA) is 85.3 Å². The van der Waals surface area contributed by atoms with Crippen LogP contribution in [-0.4, -0.2) is 31.9 Å². The summed E-state index contributed by atoms with van der Waals surface area (Å²) in [5.41, 5.74) is 0. The number of hydrogen-bond donors (Lipinski definition) is 0. The van der Waals surface area contributed by atoms with Crippen LogP contribution >= 0.6 is 0 Å². The van der Waals surface area contributed by atoms with Gasteiger partial charge in [-0.3, -0.25) is 30.0 Å². The molecule has 0 aromatic rings. The van der Waals surface area contributed by atoms with E-state index >= 15 is 0 Å². The molecule has 0 aromatic heterocycles. The van der Waals surface area contributed by atoms with Crippen LogP contribution in [0.4, 0.5) is 0 Å². The van der Waals surface area contributed by atoms with Crippen LogP contribution in [0.1, 0.15) is 20.3 Å². The Bertz CT molecular complexity index is 121. The third-order valence-corrected chi connectivity index (χ3v) is 0.498. The maximum absolute atomic E-state index is 10.0. The molecule has 0 aromatic carbocycles. The van der Waals surface area contributed by atoms with Crippen LogP contribution in [0, 0.1) is 0 Å². The fourth-order valence-corrected chi connectivity index (χ4v) is 0.351. The molecule has 6 heteroatoms. The molecule has 0 amide bonds. The monoisotopic (exact) mass is 290 g/mol. The number of ketones is 2. The van der Waals surface area contributed by atoms with Gasteiger partial charge in [-0.15, -0.1) is 0 Å². The van der Waals surface area contributed by atoms with E-state index < -0.39 is 0 Å². The standard InChI is InChI=1S/C5H8O2.3CHO.Rh/c1-4(6)3-5(2)7;3*1-2;/h3H2,1-2H3;3*1H;/q;3*-1;+3. The molecular weight excluding hydrogens is 279 g/mol. The molecule has 0 aliphatic carbocycles. The smallest absolute Gasteiger partial charge is 0.545 e. The van der Waals surface area contributed by atoms with Crippen LogP contribution < -0.4 is 0 Å². The van der Waals surface area contributed by atoms with Gasteiger partial charge in [0.05, 0.1) is 6.42 Å². The predicted octanol–water partition coefficient (Wildman–Crippen LogP) is -0.270. The first kappa shape index (κ1) is 29.3. The quantitative estimate of drug-likeness (QED) is 0.302. The van der Waals surface area contributed by atoms with Gasteiger partial charge < -0.3 is 14.4 Å². The van der Waals surface area contributed by atoms with Crippen molar-refractivity contribution in [3.8, 4) is 0 Å². The minimum absolute atomic E-state index is 0. The van der Waals surface area contributed by atoms with E-state index in [4.69, 9.17) is 14.4 Å². The number of Topliss-reactive ketones (excluding diaryl/α,β-unsaturated/α-hetero) is 2. The molecule has 82 valence electrons. The third kappa shape index (κ3) is 123. The van der Waals surface area contributed by atoms with Crippen LogP contribution in [-0.2, 0) is 43.5 Å². The summed E-state index contributed by atoms with van der Waals surface area (Å²) in [6.07, 6.45) is 0.0833. The Morgan fingerprint density at radius 1 is 0.786 bits per heavy atom. The zero-order chi connectivity index (χ0) is 11.9. The largest absolute Gasteiger partial charge is 3.00 e. The second kappa shape index (κ2) is 40.4. The molecule has 0 aliphatic rings. The molecule has 0 bridgehead atoms. The van der Waals surface area contributed by atoms with Gasteiger partial charge in [0.1, 0.15) is 11.6 Å². The first-order chi connectivity index (χ1) is 6.13. The van der Waals surface area contributed by atoms with Gasteiger partial charge in [-0.1, -0.05) is 0 Å². The second-order valence-corrected chi connectivity index (χ2v) is 1.58. The first-order valence-corrected chi connectivity index (χ1v) is 2.82. The molecular formula is C8H11O5Rh. The average molecular weight is 290 g/mol. The molecule has 0 aliphatic heterocycles. The van der Waals surface area contributed by atoms with Gasteiger partial charge >= 0.3 is 19.5 Å². The minimum Gasteiger partial charge on any atom is -0.545 e. The van der Waals surface area contributed by atoms with Crippen LogP contribution in [0.5, 0.6) is 0 Å². The Morgan fingerprint density at radius 3 is 0.929 bits per heavy atom. The van der Waals surface area contributed by atoms with Crippen molar-refractivity contribution in [3.05, 3.63) is 0 Å². The van der Waals surface area contributed by atoms with E-state index in [9.17, 15) is 9.59 Å². The van der Waals surface area contributed by atoms with Gasteiger partial charge in [0.25, 0.3) is 0 Å². The SMILES string of the molecule is CC(=O)CC(C)=O.[CH-]=O.[CH-]=O.[CH-]=O.[Rh+3]. The minimum atomic E-state index is -0.0625. The van der Waals surface area contributed by atoms with Crippen molar-refractivity contribution in [1.29, 1.82) is 0 Å². The molecule has 0 spiro atoms. The van der Waals surface area contributed by atoms with Crippen LogP contribution in [0.3, 0.4) is 0 Å². The van der Waals surface area contributed by atoms with E-state index in [0.29, 0.717) is 0 Å². The van der Waals surface area contributed by atoms with Crippen LogP contribution in [0.15, 0.2) is 0 Å². The average Bonchev–Trinajstić information content (AvgIpc) is 2.12. The molecule has 5 nitrogen and oxygen atoms in total. The summed E-state index contributed by atoms with van der Waals surface area (Å²) in [6, 6.07) is 0. The van der Waals surface area contributed by atoms with Crippen molar-refractivity contribution >= 4 is 31.9 Å². The summed E-state index contributed by atoms with van der Waals surface area (Å²) >= 11 is 0. The number of carbonyl (C=O) groups is 2. The van der Waals surface area contributed by atoms with Gasteiger partial charge in [-0.25, -0.2) is 0 Å². The Labute approximate surface area is 96.0 Å². The van der Waals surface area contributed by atoms with Gasteiger partial charge in [0, 0.05) is 0 Å². The van der Waals surface area contributed by atoms with E-state index in [1.165, 1.54) is 13.8 Å². The number of hydrogen-bond acceptors (Lipinski definition) is 5. The molecule has 0 saturated heterocycles. The van der Waals surface area contributed by atoms with Crippen molar-refractivity contribution in [1.82, 2.24) is 0 Å². The predicted molar refractivity (Wildman–Crippen MR) is 46.2 cm³/mol. The summed E-state index contributed by atoms with van der Waals surface area (Å²) in [4.78, 5) is 43.3. The molecule has 0 unspecified atom stereocenters. The third-order valence-electron chi connectivity index (χ3n) is 0.498. The summed E-state index contributed by atoms with van der Waals surface area (Å²) < 4.78 is 0. The van der Waals surface area contributed by atoms with Crippen molar-refractivity contribution < 1.29 is 43.5 Å². The summed E-state index contributed by atoms with van der Waals surface area (Å²) in [5, 5.41) is 0. The molecule has 0 saturated carbocycles. The van der Waals surface area contributed by atoms with Crippen LogP contribution in [0.25, 0.3) is 0 Å². The van der Waals surface area contributed by atoms with E-state index in [1.54, 1.807) is 0 Å². The second-order valence-electron chi connectivity index (χ2n) is 1.58. The molecule has 0 radical (unpaired) electrons. The van der Waals surface area contributed by atoms with Gasteiger partial charge in [0.15, 0.2) is 0 Å². The summed E-state index contributed by atoms with van der Waals surface area (Å²) in [6.45, 7) is 12.6. The van der Waals surface area contributed by atoms with Crippen LogP contribution in [0.2, 0.25) is 0 Å². The number of rotatable bonds is 2. The molecule has 0 rings (SSSR count). The first-order valence-electron chi connectivity index (χ1n) is 2.82. The van der Waals surface area contributed by atoms with Crippen molar-refractivity contribution in [2.45, 2.75) is 20.3 Å². The summed E-state index contributed by atoms with van der Waals surface area (Å²) in [7, 11) is 0. The Kier molecular flexibility index (Phi) is 84.4. The van der Waals surface area contributed by atoms with Gasteiger partial charge in [0.2, 0.25) is 0 Å². The normalized spacial score (nSPS) is 5.00. The number of carbonyl (C=O) groups excluding carboxylic acids is 5. The van der Waals surface area contributed by atoms with Gasteiger partial charge in [-0.05, 0) is 13.8 Å². The summed E-state index contributed by atoms with van der Waals surface area (Å²) in [5.74, 6) is -0.125. The zero-order valence-corrected chi connectivity index (χ0v) is 9.45. The fraction of sp³-hybridized carbons (Fsp3) is 0.375. The van der Waals surface area contributed by atoms with E-state index in [2.05, 4.69) is 20.4 Å². The molecule has 0 fully saturated rings. The molecule has 14 heavy (non-hydrogen) atoms. The van der Waals surface area contributed by atoms with E-state index in [-0.39, 0.29) is 37.5 Å². The maximum atomic E-state index is 10.0. The Balaban J connectivity index is -0.0000000332. The van der Waals surface area contributed by atoms with Crippen molar-refractivity contribution in [2.75, 3.05) is 0 Å². The molecule has 0 heterocycles. The maximum Gasteiger partial charge on any atom is 3.00 e. The molecule has 0 N–H and O–H groups in total. The molecule has 0 atom stereocenters. The Hall–Kier alpha value is -1.03. The van der Waals surface area contributed by atoms with Gasteiger partial charge in [-0.2, -0.15) is 0 Å². The van der Waals surface area contributed by atoms with Crippen molar-refractivity contribution in [2.24, 2.45) is 0 Å². The fourth-order valence-electron chi connectivity index (χ4n) is 0.351.